The summed E-state index contributed by atoms with van der Waals surface area (Å²) >= 11 is 1.86. The van der Waals surface area contributed by atoms with Crippen molar-refractivity contribution in [2.45, 2.75) is 39.7 Å². The van der Waals surface area contributed by atoms with Gasteiger partial charge in [-0.05, 0) is 18.8 Å². The Morgan fingerprint density at radius 2 is 2.38 bits per heavy atom. The van der Waals surface area contributed by atoms with Crippen molar-refractivity contribution < 1.29 is 0 Å². The number of aliphatic imine (C=N–C) groups is 1. The van der Waals surface area contributed by atoms with Gasteiger partial charge in [-0.2, -0.15) is 0 Å². The molecule has 1 aliphatic rings. The van der Waals surface area contributed by atoms with Gasteiger partial charge in [0.2, 0.25) is 0 Å². The fraction of sp³-hybridized carbons (Fsp3) is 0.900. The van der Waals surface area contributed by atoms with Crippen molar-refractivity contribution in [2.24, 2.45) is 10.9 Å². The van der Waals surface area contributed by atoms with E-state index in [2.05, 4.69) is 31.1 Å². The van der Waals surface area contributed by atoms with E-state index in [0.29, 0.717) is 12.0 Å². The summed E-state index contributed by atoms with van der Waals surface area (Å²) in [6.07, 6.45) is 2.41. The molecule has 0 aliphatic carbocycles. The first kappa shape index (κ1) is 10.9. The van der Waals surface area contributed by atoms with Gasteiger partial charge in [-0.25, -0.2) is 0 Å². The maximum absolute atomic E-state index is 4.50. The number of thioether (sulfide) groups is 1. The molecular weight excluding hydrogens is 180 g/mol. The molecule has 2 nitrogen and oxygen atoms in total. The van der Waals surface area contributed by atoms with E-state index in [1.807, 2.05) is 11.8 Å². The van der Waals surface area contributed by atoms with Crippen LogP contribution in [0.3, 0.4) is 0 Å². The fourth-order valence-corrected chi connectivity index (χ4v) is 2.34. The van der Waals surface area contributed by atoms with Crippen LogP contribution in [-0.4, -0.2) is 23.5 Å². The summed E-state index contributed by atoms with van der Waals surface area (Å²) in [6.45, 7) is 7.66. The van der Waals surface area contributed by atoms with Crippen LogP contribution in [0.25, 0.3) is 0 Å². The van der Waals surface area contributed by atoms with Crippen molar-refractivity contribution in [1.29, 1.82) is 0 Å². The smallest absolute Gasteiger partial charge is 0.156 e. The molecule has 0 amide bonds. The monoisotopic (exact) mass is 200 g/mol. The predicted octanol–water partition coefficient (Wildman–Crippen LogP) is 2.50. The fourth-order valence-electron chi connectivity index (χ4n) is 1.36. The van der Waals surface area contributed by atoms with Gasteiger partial charge in [-0.15, -0.1) is 0 Å². The summed E-state index contributed by atoms with van der Waals surface area (Å²) in [6, 6.07) is 0.636. The molecule has 0 saturated carbocycles. The highest BCUT2D eigenvalue weighted by molar-refractivity contribution is 8.13. The van der Waals surface area contributed by atoms with Crippen LogP contribution in [0, 0.1) is 5.92 Å². The minimum Gasteiger partial charge on any atom is -0.362 e. The van der Waals surface area contributed by atoms with E-state index in [1.54, 1.807) is 0 Å². The standard InChI is InChI=1S/C10H20N2S/c1-4-6-11-10-12-9(8(2)3)5-7-13-10/h8-9H,4-7H2,1-3H3,(H,11,12). The maximum Gasteiger partial charge on any atom is 0.156 e. The summed E-state index contributed by atoms with van der Waals surface area (Å²) < 4.78 is 0. The normalized spacial score (nSPS) is 26.5. The Labute approximate surface area is 85.6 Å². The van der Waals surface area contributed by atoms with Crippen LogP contribution in [0.2, 0.25) is 0 Å². The van der Waals surface area contributed by atoms with Crippen LogP contribution < -0.4 is 5.32 Å². The number of nitrogens with one attached hydrogen (secondary N) is 1. The van der Waals surface area contributed by atoms with E-state index in [4.69, 9.17) is 0 Å². The third-order valence-corrected chi connectivity index (χ3v) is 3.22. The molecule has 3 heteroatoms. The van der Waals surface area contributed by atoms with E-state index in [0.717, 1.165) is 18.1 Å². The molecule has 1 atom stereocenters. The van der Waals surface area contributed by atoms with Crippen molar-refractivity contribution in [3.8, 4) is 0 Å². The first-order chi connectivity index (χ1) is 6.24. The van der Waals surface area contributed by atoms with Gasteiger partial charge in [-0.1, -0.05) is 32.5 Å². The van der Waals surface area contributed by atoms with Crippen molar-refractivity contribution >= 4 is 16.9 Å². The van der Waals surface area contributed by atoms with Crippen LogP contribution in [-0.2, 0) is 0 Å². The molecule has 0 spiro atoms. The molecular formula is C10H20N2S. The third-order valence-electron chi connectivity index (χ3n) is 2.26. The number of nitrogens with zero attached hydrogens (tertiary/aromatic N) is 1. The van der Waals surface area contributed by atoms with Gasteiger partial charge in [-0.3, -0.25) is 4.99 Å². The van der Waals surface area contributed by atoms with Crippen LogP contribution in [0.4, 0.5) is 0 Å². The molecule has 0 aromatic rings. The van der Waals surface area contributed by atoms with E-state index in [1.165, 1.54) is 12.2 Å². The Morgan fingerprint density at radius 3 is 3.00 bits per heavy atom. The number of amidine groups is 1. The number of hydrogen-bond donors (Lipinski definition) is 1. The van der Waals surface area contributed by atoms with Gasteiger partial charge in [0.05, 0.1) is 0 Å². The van der Waals surface area contributed by atoms with Gasteiger partial charge < -0.3 is 5.32 Å². The highest BCUT2D eigenvalue weighted by Crippen LogP contribution is 2.18. The van der Waals surface area contributed by atoms with Gasteiger partial charge in [0.15, 0.2) is 5.17 Å². The zero-order chi connectivity index (χ0) is 9.68. The van der Waals surface area contributed by atoms with Crippen molar-refractivity contribution in [3.05, 3.63) is 0 Å². The lowest BCUT2D eigenvalue weighted by atomic mass is 10.0. The maximum atomic E-state index is 4.50. The molecule has 1 heterocycles. The molecule has 76 valence electrons. The summed E-state index contributed by atoms with van der Waals surface area (Å²) in [4.78, 5) is 4.50. The molecule has 0 bridgehead atoms. The highest BCUT2D eigenvalue weighted by atomic mass is 32.2. The van der Waals surface area contributed by atoms with Crippen LogP contribution in [0.5, 0.6) is 0 Å². The predicted molar refractivity (Wildman–Crippen MR) is 61.4 cm³/mol. The second-order valence-electron chi connectivity index (χ2n) is 3.82. The minimum atomic E-state index is 0.636. The van der Waals surface area contributed by atoms with Crippen molar-refractivity contribution in [1.82, 2.24) is 5.32 Å². The molecule has 1 rings (SSSR count). The van der Waals surface area contributed by atoms with Crippen LogP contribution >= 0.6 is 11.8 Å². The Morgan fingerprint density at radius 1 is 1.62 bits per heavy atom. The molecule has 1 saturated heterocycles. The van der Waals surface area contributed by atoms with Gasteiger partial charge in [0, 0.05) is 18.3 Å². The number of hydrogen-bond acceptors (Lipinski definition) is 2. The lowest BCUT2D eigenvalue weighted by Crippen LogP contribution is -2.41. The summed E-state index contributed by atoms with van der Waals surface area (Å²) in [7, 11) is 0. The van der Waals surface area contributed by atoms with Crippen molar-refractivity contribution in [3.63, 3.8) is 0 Å². The molecule has 0 aromatic heterocycles. The molecule has 1 aliphatic heterocycles. The van der Waals surface area contributed by atoms with E-state index < -0.39 is 0 Å². The topological polar surface area (TPSA) is 24.4 Å². The highest BCUT2D eigenvalue weighted by Gasteiger charge is 2.19. The quantitative estimate of drug-likeness (QED) is 0.757. The summed E-state index contributed by atoms with van der Waals surface area (Å²) in [5.41, 5.74) is 0. The summed E-state index contributed by atoms with van der Waals surface area (Å²) in [5, 5.41) is 4.66. The summed E-state index contributed by atoms with van der Waals surface area (Å²) in [5.74, 6) is 1.94. The average molecular weight is 200 g/mol. The Bertz CT molecular complexity index is 178. The second-order valence-corrected chi connectivity index (χ2v) is 4.90. The Kier molecular flexibility index (Phi) is 4.64. The lowest BCUT2D eigenvalue weighted by molar-refractivity contribution is 0.442. The minimum absolute atomic E-state index is 0.636. The second kappa shape index (κ2) is 5.53. The van der Waals surface area contributed by atoms with Crippen LogP contribution in [0.1, 0.15) is 33.6 Å². The zero-order valence-corrected chi connectivity index (χ0v) is 9.66. The van der Waals surface area contributed by atoms with Crippen molar-refractivity contribution in [2.75, 3.05) is 12.3 Å². The SMILES string of the molecule is CCCN=C1NC(C(C)C)CCS1. The van der Waals surface area contributed by atoms with E-state index in [9.17, 15) is 0 Å². The molecule has 13 heavy (non-hydrogen) atoms. The van der Waals surface area contributed by atoms with Gasteiger partial charge in [0.1, 0.15) is 0 Å². The zero-order valence-electron chi connectivity index (χ0n) is 8.84. The van der Waals surface area contributed by atoms with Gasteiger partial charge >= 0.3 is 0 Å². The first-order valence-corrected chi connectivity index (χ1v) is 6.16. The molecule has 1 unspecified atom stereocenters. The van der Waals surface area contributed by atoms with Crippen LogP contribution in [0.15, 0.2) is 4.99 Å². The lowest BCUT2D eigenvalue weighted by Gasteiger charge is -2.28. The Balaban J connectivity index is 2.41. The van der Waals surface area contributed by atoms with E-state index >= 15 is 0 Å². The largest absolute Gasteiger partial charge is 0.362 e. The van der Waals surface area contributed by atoms with E-state index in [-0.39, 0.29) is 0 Å². The molecule has 0 aromatic carbocycles. The first-order valence-electron chi connectivity index (χ1n) is 5.17. The average Bonchev–Trinajstić information content (AvgIpc) is 2.15. The molecule has 0 radical (unpaired) electrons. The number of rotatable bonds is 3. The third kappa shape index (κ3) is 3.59. The molecule has 1 fully saturated rings. The van der Waals surface area contributed by atoms with Gasteiger partial charge in [0.25, 0.3) is 0 Å². The Hall–Kier alpha value is -0.180. The molecule has 1 N–H and O–H groups in total.